The van der Waals surface area contributed by atoms with Crippen LogP contribution in [0.1, 0.15) is 39.0 Å². The SMILES string of the molecule is C=CCC(=CCC(=O)OCCCCC)N=C=O. The molecule has 0 saturated carbocycles. The van der Waals surface area contributed by atoms with Crippen LogP contribution in [0.25, 0.3) is 0 Å². The predicted octanol–water partition coefficient (Wildman–Crippen LogP) is 2.91. The number of unbranched alkanes of at least 4 members (excludes halogenated alkanes) is 2. The molecule has 0 rings (SSSR count). The highest BCUT2D eigenvalue weighted by atomic mass is 16.5. The second kappa shape index (κ2) is 10.8. The monoisotopic (exact) mass is 237 g/mol. The highest BCUT2D eigenvalue weighted by Gasteiger charge is 2.01. The topological polar surface area (TPSA) is 55.7 Å². The molecule has 0 aliphatic heterocycles. The Morgan fingerprint density at radius 3 is 2.76 bits per heavy atom. The summed E-state index contributed by atoms with van der Waals surface area (Å²) in [6.07, 6.45) is 8.22. The lowest BCUT2D eigenvalue weighted by Gasteiger charge is -2.02. The normalized spacial score (nSPS) is 10.5. The Morgan fingerprint density at radius 2 is 2.18 bits per heavy atom. The van der Waals surface area contributed by atoms with Crippen molar-refractivity contribution in [2.75, 3.05) is 6.61 Å². The molecular weight excluding hydrogens is 218 g/mol. The molecular formula is C13H19NO3. The molecule has 0 amide bonds. The minimum absolute atomic E-state index is 0.125. The van der Waals surface area contributed by atoms with Crippen molar-refractivity contribution in [3.05, 3.63) is 24.4 Å². The van der Waals surface area contributed by atoms with E-state index in [1.807, 2.05) is 0 Å². The van der Waals surface area contributed by atoms with Crippen LogP contribution in [0.2, 0.25) is 0 Å². The van der Waals surface area contributed by atoms with E-state index in [0.717, 1.165) is 19.3 Å². The summed E-state index contributed by atoms with van der Waals surface area (Å²) < 4.78 is 5.00. The van der Waals surface area contributed by atoms with Crippen LogP contribution in [-0.4, -0.2) is 18.7 Å². The van der Waals surface area contributed by atoms with E-state index in [1.165, 1.54) is 6.08 Å². The standard InChI is InChI=1S/C13H19NO3/c1-3-5-6-10-17-13(16)9-8-12(7-4-2)14-11-15/h4,8H,2-3,5-7,9-10H2,1H3. The number of carbonyl (C=O) groups excluding carboxylic acids is 2. The Morgan fingerprint density at radius 1 is 1.41 bits per heavy atom. The van der Waals surface area contributed by atoms with Crippen LogP contribution in [0.3, 0.4) is 0 Å². The number of nitrogens with zero attached hydrogens (tertiary/aromatic N) is 1. The van der Waals surface area contributed by atoms with Gasteiger partial charge in [-0.2, -0.15) is 4.99 Å². The zero-order valence-corrected chi connectivity index (χ0v) is 10.3. The maximum Gasteiger partial charge on any atom is 0.309 e. The first-order chi connectivity index (χ1) is 8.24. The molecule has 0 atom stereocenters. The van der Waals surface area contributed by atoms with Gasteiger partial charge in [0.15, 0.2) is 0 Å². The van der Waals surface area contributed by atoms with E-state index < -0.39 is 0 Å². The first-order valence-electron chi connectivity index (χ1n) is 5.78. The minimum atomic E-state index is -0.302. The molecule has 0 N–H and O–H groups in total. The summed E-state index contributed by atoms with van der Waals surface area (Å²) in [6, 6.07) is 0. The molecule has 0 aromatic rings. The van der Waals surface area contributed by atoms with Crippen LogP contribution in [0.15, 0.2) is 29.4 Å². The van der Waals surface area contributed by atoms with E-state index in [0.29, 0.717) is 18.7 Å². The van der Waals surface area contributed by atoms with E-state index in [-0.39, 0.29) is 12.4 Å². The average Bonchev–Trinajstić information content (AvgIpc) is 2.32. The number of rotatable bonds is 9. The number of allylic oxidation sites excluding steroid dienone is 1. The largest absolute Gasteiger partial charge is 0.465 e. The van der Waals surface area contributed by atoms with Crippen LogP contribution in [0.4, 0.5) is 0 Å². The fourth-order valence-corrected chi connectivity index (χ4v) is 1.18. The van der Waals surface area contributed by atoms with Crippen molar-refractivity contribution in [1.82, 2.24) is 0 Å². The lowest BCUT2D eigenvalue weighted by Crippen LogP contribution is -2.04. The van der Waals surface area contributed by atoms with Crippen molar-refractivity contribution in [3.8, 4) is 0 Å². The average molecular weight is 237 g/mol. The second-order valence-corrected chi connectivity index (χ2v) is 3.52. The molecule has 0 bridgehead atoms. The molecule has 94 valence electrons. The van der Waals surface area contributed by atoms with Gasteiger partial charge in [0.1, 0.15) is 0 Å². The summed E-state index contributed by atoms with van der Waals surface area (Å²) in [4.78, 5) is 24.9. The van der Waals surface area contributed by atoms with E-state index in [1.54, 1.807) is 12.2 Å². The maximum atomic E-state index is 11.3. The molecule has 4 nitrogen and oxygen atoms in total. The van der Waals surface area contributed by atoms with Gasteiger partial charge in [-0.05, 0) is 6.42 Å². The van der Waals surface area contributed by atoms with E-state index >= 15 is 0 Å². The zero-order valence-electron chi connectivity index (χ0n) is 10.3. The number of carbonyl (C=O) groups is 1. The van der Waals surface area contributed by atoms with Crippen molar-refractivity contribution < 1.29 is 14.3 Å². The van der Waals surface area contributed by atoms with Gasteiger partial charge in [-0.3, -0.25) is 4.79 Å². The van der Waals surface area contributed by atoms with E-state index in [9.17, 15) is 9.59 Å². The van der Waals surface area contributed by atoms with Crippen LogP contribution >= 0.6 is 0 Å². The smallest absolute Gasteiger partial charge is 0.309 e. The molecule has 0 unspecified atom stereocenters. The summed E-state index contributed by atoms with van der Waals surface area (Å²) in [6.45, 7) is 6.07. The molecule has 0 heterocycles. The van der Waals surface area contributed by atoms with Crippen molar-refractivity contribution in [2.24, 2.45) is 4.99 Å². The van der Waals surface area contributed by atoms with Crippen molar-refractivity contribution >= 4 is 12.0 Å². The van der Waals surface area contributed by atoms with Gasteiger partial charge in [0.2, 0.25) is 6.08 Å². The van der Waals surface area contributed by atoms with E-state index in [2.05, 4.69) is 18.5 Å². The highest BCUT2D eigenvalue weighted by molar-refractivity contribution is 5.71. The number of isocyanates is 1. The molecule has 4 heteroatoms. The number of hydrogen-bond donors (Lipinski definition) is 0. The summed E-state index contributed by atoms with van der Waals surface area (Å²) >= 11 is 0. The van der Waals surface area contributed by atoms with Crippen LogP contribution in [0, 0.1) is 0 Å². The third-order valence-electron chi connectivity index (χ3n) is 2.06. The minimum Gasteiger partial charge on any atom is -0.465 e. The third-order valence-corrected chi connectivity index (χ3v) is 2.06. The fraction of sp³-hybridized carbons (Fsp3) is 0.538. The van der Waals surface area contributed by atoms with Gasteiger partial charge in [-0.25, -0.2) is 4.79 Å². The van der Waals surface area contributed by atoms with Crippen molar-refractivity contribution in [3.63, 3.8) is 0 Å². The van der Waals surface area contributed by atoms with Gasteiger partial charge in [0.05, 0.1) is 18.7 Å². The Labute approximate surface area is 102 Å². The lowest BCUT2D eigenvalue weighted by atomic mass is 10.2. The zero-order chi connectivity index (χ0) is 12.9. The number of aliphatic imine (C=N–C) groups is 1. The van der Waals surface area contributed by atoms with E-state index in [4.69, 9.17) is 4.74 Å². The van der Waals surface area contributed by atoms with Crippen LogP contribution in [-0.2, 0) is 14.3 Å². The first kappa shape index (κ1) is 15.3. The summed E-state index contributed by atoms with van der Waals surface area (Å²) in [7, 11) is 0. The molecule has 0 saturated heterocycles. The Hall–Kier alpha value is -1.67. The summed E-state index contributed by atoms with van der Waals surface area (Å²) in [5, 5.41) is 0. The van der Waals surface area contributed by atoms with Crippen LogP contribution < -0.4 is 0 Å². The van der Waals surface area contributed by atoms with Crippen molar-refractivity contribution in [2.45, 2.75) is 39.0 Å². The molecule has 0 radical (unpaired) electrons. The van der Waals surface area contributed by atoms with Crippen LogP contribution in [0.5, 0.6) is 0 Å². The number of hydrogen-bond acceptors (Lipinski definition) is 4. The Balaban J connectivity index is 3.96. The molecule has 0 aliphatic rings. The molecule has 0 aromatic heterocycles. The van der Waals surface area contributed by atoms with Crippen molar-refractivity contribution in [1.29, 1.82) is 0 Å². The number of esters is 1. The quantitative estimate of drug-likeness (QED) is 0.204. The Bertz CT molecular complexity index is 315. The van der Waals surface area contributed by atoms with Gasteiger partial charge >= 0.3 is 5.97 Å². The maximum absolute atomic E-state index is 11.3. The highest BCUT2D eigenvalue weighted by Crippen LogP contribution is 2.05. The lowest BCUT2D eigenvalue weighted by molar-refractivity contribution is -0.142. The van der Waals surface area contributed by atoms with Gasteiger partial charge < -0.3 is 4.74 Å². The molecule has 17 heavy (non-hydrogen) atoms. The Kier molecular flexibility index (Phi) is 9.77. The fourth-order valence-electron chi connectivity index (χ4n) is 1.18. The van der Waals surface area contributed by atoms with Gasteiger partial charge in [0, 0.05) is 6.42 Å². The van der Waals surface area contributed by atoms with Gasteiger partial charge in [-0.1, -0.05) is 31.9 Å². The van der Waals surface area contributed by atoms with Gasteiger partial charge in [-0.15, -0.1) is 6.58 Å². The molecule has 0 aromatic carbocycles. The second-order valence-electron chi connectivity index (χ2n) is 3.52. The summed E-state index contributed by atoms with van der Waals surface area (Å²) in [5.74, 6) is -0.302. The molecule has 0 fully saturated rings. The third kappa shape index (κ3) is 9.27. The number of ether oxygens (including phenoxy) is 1. The predicted molar refractivity (Wildman–Crippen MR) is 66.1 cm³/mol. The first-order valence-corrected chi connectivity index (χ1v) is 5.78. The molecule has 0 aliphatic carbocycles. The van der Waals surface area contributed by atoms with Gasteiger partial charge in [0.25, 0.3) is 0 Å². The molecule has 0 spiro atoms. The summed E-state index contributed by atoms with van der Waals surface area (Å²) in [5.41, 5.74) is 0.487.